The smallest absolute Gasteiger partial charge is 0.263 e. The molecule has 1 heterocycles. The number of carbonyl (C=O) groups is 1. The highest BCUT2D eigenvalue weighted by Crippen LogP contribution is 2.36. The molecule has 0 unspecified atom stereocenters. The minimum Gasteiger partial charge on any atom is -0.497 e. The van der Waals surface area contributed by atoms with Crippen molar-refractivity contribution in [2.75, 3.05) is 20.8 Å². The Labute approximate surface area is 167 Å². The van der Waals surface area contributed by atoms with Gasteiger partial charge >= 0.3 is 0 Å². The van der Waals surface area contributed by atoms with Crippen molar-refractivity contribution in [3.8, 4) is 22.1 Å². The summed E-state index contributed by atoms with van der Waals surface area (Å²) in [5, 5.41) is 3.32. The summed E-state index contributed by atoms with van der Waals surface area (Å²) >= 11 is 1.16. The van der Waals surface area contributed by atoms with Gasteiger partial charge in [0.25, 0.3) is 5.91 Å². The molecule has 0 spiro atoms. The second-order valence-electron chi connectivity index (χ2n) is 6.10. The minimum atomic E-state index is -0.431. The summed E-state index contributed by atoms with van der Waals surface area (Å²) in [5.74, 6) is 0.536. The number of halogens is 1. The first-order chi connectivity index (χ1) is 13.5. The molecule has 0 aliphatic rings. The van der Waals surface area contributed by atoms with Crippen LogP contribution in [0.3, 0.4) is 0 Å². The number of methoxy groups -OCH3 is 2. The average Bonchev–Trinajstić information content (AvgIpc) is 3.09. The number of amides is 1. The molecule has 0 aliphatic heterocycles. The van der Waals surface area contributed by atoms with Gasteiger partial charge in [-0.2, -0.15) is 0 Å². The van der Waals surface area contributed by atoms with E-state index in [4.69, 9.17) is 9.47 Å². The number of benzene rings is 2. The molecule has 1 aromatic heterocycles. The quantitative estimate of drug-likeness (QED) is 0.644. The summed E-state index contributed by atoms with van der Waals surface area (Å²) in [7, 11) is 3.10. The predicted molar refractivity (Wildman–Crippen MR) is 108 cm³/mol. The molecule has 0 aliphatic carbocycles. The van der Waals surface area contributed by atoms with E-state index in [1.165, 1.54) is 13.2 Å². The molecule has 3 aromatic rings. The molecule has 0 bridgehead atoms. The largest absolute Gasteiger partial charge is 0.497 e. The molecule has 3 rings (SSSR count). The third-order valence-corrected chi connectivity index (χ3v) is 5.44. The van der Waals surface area contributed by atoms with Crippen LogP contribution in [0.2, 0.25) is 0 Å². The summed E-state index contributed by atoms with van der Waals surface area (Å²) in [6.45, 7) is 2.23. The van der Waals surface area contributed by atoms with Gasteiger partial charge in [0.2, 0.25) is 0 Å². The predicted octanol–water partition coefficient (Wildman–Crippen LogP) is 4.25. The highest BCUT2D eigenvalue weighted by Gasteiger charge is 2.20. The van der Waals surface area contributed by atoms with Crippen LogP contribution in [0.1, 0.15) is 20.9 Å². The van der Waals surface area contributed by atoms with Gasteiger partial charge in [0, 0.05) is 6.54 Å². The van der Waals surface area contributed by atoms with Gasteiger partial charge in [0.15, 0.2) is 0 Å². The topological polar surface area (TPSA) is 60.5 Å². The summed E-state index contributed by atoms with van der Waals surface area (Å²) in [6, 6.07) is 12.3. The fraction of sp³-hybridized carbons (Fsp3) is 0.238. The Morgan fingerprint density at radius 3 is 2.57 bits per heavy atom. The third-order valence-electron chi connectivity index (χ3n) is 4.27. The molecule has 146 valence electrons. The number of nitrogens with one attached hydrogen (secondary N) is 1. The molecule has 1 N–H and O–H groups in total. The van der Waals surface area contributed by atoms with Gasteiger partial charge in [0.1, 0.15) is 27.2 Å². The van der Waals surface area contributed by atoms with Gasteiger partial charge in [-0.25, -0.2) is 9.37 Å². The van der Waals surface area contributed by atoms with Gasteiger partial charge in [-0.05, 0) is 43.2 Å². The summed E-state index contributed by atoms with van der Waals surface area (Å²) in [5.41, 5.74) is 1.93. The van der Waals surface area contributed by atoms with E-state index in [1.54, 1.807) is 26.2 Å². The third kappa shape index (κ3) is 4.31. The zero-order valence-corrected chi connectivity index (χ0v) is 16.7. The molecule has 0 atom stereocenters. The van der Waals surface area contributed by atoms with Crippen molar-refractivity contribution in [1.82, 2.24) is 10.3 Å². The van der Waals surface area contributed by atoms with Crippen LogP contribution in [0.25, 0.3) is 10.6 Å². The van der Waals surface area contributed by atoms with Gasteiger partial charge in [-0.3, -0.25) is 4.79 Å². The Morgan fingerprint density at radius 2 is 1.89 bits per heavy atom. The highest BCUT2D eigenvalue weighted by atomic mass is 32.1. The maximum Gasteiger partial charge on any atom is 0.263 e. The Bertz CT molecular complexity index is 970. The number of thiazole rings is 1. The Kier molecular flexibility index (Phi) is 6.26. The number of ether oxygens (including phenoxy) is 2. The SMILES string of the molecule is COc1ccc(CCNC(=O)c2sc(-c3c(F)cccc3OC)nc2C)cc1. The summed E-state index contributed by atoms with van der Waals surface area (Å²) in [6.07, 6.45) is 0.696. The van der Waals surface area contributed by atoms with Crippen LogP contribution >= 0.6 is 11.3 Å². The first-order valence-electron chi connectivity index (χ1n) is 8.75. The van der Waals surface area contributed by atoms with Crippen molar-refractivity contribution in [3.63, 3.8) is 0 Å². The number of carbonyl (C=O) groups excluding carboxylic acids is 1. The zero-order valence-electron chi connectivity index (χ0n) is 15.9. The molecule has 0 radical (unpaired) electrons. The molecule has 5 nitrogen and oxygen atoms in total. The van der Waals surface area contributed by atoms with E-state index in [2.05, 4.69) is 10.3 Å². The number of hydrogen-bond acceptors (Lipinski definition) is 5. The number of aryl methyl sites for hydroxylation is 1. The normalized spacial score (nSPS) is 10.6. The summed E-state index contributed by atoms with van der Waals surface area (Å²) < 4.78 is 24.7. The second-order valence-corrected chi connectivity index (χ2v) is 7.10. The van der Waals surface area contributed by atoms with Crippen LogP contribution in [-0.4, -0.2) is 31.7 Å². The first kappa shape index (κ1) is 19.8. The average molecular weight is 400 g/mol. The van der Waals surface area contributed by atoms with Crippen LogP contribution in [0.5, 0.6) is 11.5 Å². The molecular weight excluding hydrogens is 379 g/mol. The van der Waals surface area contributed by atoms with E-state index in [9.17, 15) is 9.18 Å². The van der Waals surface area contributed by atoms with E-state index in [1.807, 2.05) is 24.3 Å². The van der Waals surface area contributed by atoms with E-state index < -0.39 is 5.82 Å². The fourth-order valence-corrected chi connectivity index (χ4v) is 3.82. The number of rotatable bonds is 7. The monoisotopic (exact) mass is 400 g/mol. The van der Waals surface area contributed by atoms with Crippen molar-refractivity contribution < 1.29 is 18.7 Å². The van der Waals surface area contributed by atoms with Gasteiger partial charge in [-0.1, -0.05) is 18.2 Å². The lowest BCUT2D eigenvalue weighted by Gasteiger charge is -2.06. The zero-order chi connectivity index (χ0) is 20.1. The van der Waals surface area contributed by atoms with E-state index >= 15 is 0 Å². The van der Waals surface area contributed by atoms with E-state index in [0.717, 1.165) is 22.6 Å². The molecule has 1 amide bonds. The van der Waals surface area contributed by atoms with E-state index in [0.29, 0.717) is 34.3 Å². The fourth-order valence-electron chi connectivity index (χ4n) is 2.79. The highest BCUT2D eigenvalue weighted by molar-refractivity contribution is 7.17. The molecule has 28 heavy (non-hydrogen) atoms. The number of aromatic nitrogens is 1. The molecule has 2 aromatic carbocycles. The Hall–Kier alpha value is -2.93. The maximum absolute atomic E-state index is 14.3. The number of nitrogens with zero attached hydrogens (tertiary/aromatic N) is 1. The van der Waals surface area contributed by atoms with Gasteiger partial charge < -0.3 is 14.8 Å². The van der Waals surface area contributed by atoms with Gasteiger partial charge in [0.05, 0.1) is 25.5 Å². The van der Waals surface area contributed by atoms with Crippen LogP contribution in [0.15, 0.2) is 42.5 Å². The Balaban J connectivity index is 1.69. The van der Waals surface area contributed by atoms with Crippen molar-refractivity contribution in [3.05, 3.63) is 64.4 Å². The van der Waals surface area contributed by atoms with Crippen molar-refractivity contribution in [1.29, 1.82) is 0 Å². The molecule has 0 saturated heterocycles. The second kappa shape index (κ2) is 8.84. The molecule has 0 saturated carbocycles. The van der Waals surface area contributed by atoms with Gasteiger partial charge in [-0.15, -0.1) is 11.3 Å². The van der Waals surface area contributed by atoms with Crippen molar-refractivity contribution >= 4 is 17.2 Å². The van der Waals surface area contributed by atoms with E-state index in [-0.39, 0.29) is 11.5 Å². The molecule has 0 fully saturated rings. The lowest BCUT2D eigenvalue weighted by atomic mass is 10.1. The van der Waals surface area contributed by atoms with Crippen molar-refractivity contribution in [2.45, 2.75) is 13.3 Å². The standard InChI is InChI=1S/C21H21FN2O3S/c1-13-19(20(25)23-12-11-14-7-9-15(26-2)10-8-14)28-21(24-13)18-16(22)5-4-6-17(18)27-3/h4-10H,11-12H2,1-3H3,(H,23,25). The Morgan fingerprint density at radius 1 is 1.14 bits per heavy atom. The maximum atomic E-state index is 14.3. The lowest BCUT2D eigenvalue weighted by Crippen LogP contribution is -2.25. The van der Waals surface area contributed by atoms with Crippen LogP contribution in [0, 0.1) is 12.7 Å². The van der Waals surface area contributed by atoms with Crippen LogP contribution in [-0.2, 0) is 6.42 Å². The summed E-state index contributed by atoms with van der Waals surface area (Å²) in [4.78, 5) is 17.4. The first-order valence-corrected chi connectivity index (χ1v) is 9.56. The molecular formula is C21H21FN2O3S. The number of hydrogen-bond donors (Lipinski definition) is 1. The van der Waals surface area contributed by atoms with Crippen LogP contribution < -0.4 is 14.8 Å². The van der Waals surface area contributed by atoms with Crippen molar-refractivity contribution in [2.24, 2.45) is 0 Å². The lowest BCUT2D eigenvalue weighted by molar-refractivity contribution is 0.0957. The minimum absolute atomic E-state index is 0.218. The molecule has 7 heteroatoms. The van der Waals surface area contributed by atoms with Crippen LogP contribution in [0.4, 0.5) is 4.39 Å².